The maximum Gasteiger partial charge on any atom is 0.244 e. The Balaban J connectivity index is 1.11. The number of hydrogen-bond donors (Lipinski definition) is 0. The van der Waals surface area contributed by atoms with Crippen molar-refractivity contribution in [3.05, 3.63) is 66.1 Å². The van der Waals surface area contributed by atoms with Crippen molar-refractivity contribution in [2.45, 2.75) is 25.8 Å². The minimum absolute atomic E-state index is 0.0739. The normalized spacial score (nSPS) is 18.0. The molecule has 2 aliphatic heterocycles. The molecule has 1 saturated heterocycles. The van der Waals surface area contributed by atoms with E-state index in [9.17, 15) is 4.79 Å². The molecule has 0 bridgehead atoms. The number of nitrogens with zero attached hydrogens (tertiary/aromatic N) is 5. The Hall–Kier alpha value is -3.03. The second-order valence-corrected chi connectivity index (χ2v) is 8.55. The van der Waals surface area contributed by atoms with Crippen LogP contribution in [0.5, 0.6) is 0 Å². The molecule has 7 heteroatoms. The molecule has 0 spiro atoms. The Morgan fingerprint density at radius 2 is 1.75 bits per heavy atom. The highest BCUT2D eigenvalue weighted by Crippen LogP contribution is 2.28. The molecule has 0 N–H and O–H groups in total. The molecular formula is C25H29N5O2. The maximum absolute atomic E-state index is 12.8. The summed E-state index contributed by atoms with van der Waals surface area (Å²) in [5, 5.41) is 4.15. The molecule has 0 radical (unpaired) electrons. The zero-order valence-electron chi connectivity index (χ0n) is 18.5. The lowest BCUT2D eigenvalue weighted by Crippen LogP contribution is -2.48. The standard InChI is InChI=1S/C25H29N5O2/c1-19(25-26-24(27-32-25)21-8-3-2-4-9-21)29-17-15-28(16-18-29)13-12-23(31)30-14-11-20-7-5-6-10-22(20)30/h2-10,19H,11-18H2,1H3. The molecule has 5 rings (SSSR count). The lowest BCUT2D eigenvalue weighted by molar-refractivity contribution is -0.119. The van der Waals surface area contributed by atoms with Gasteiger partial charge in [0.25, 0.3) is 0 Å². The van der Waals surface area contributed by atoms with Crippen LogP contribution in [0.15, 0.2) is 59.1 Å². The van der Waals surface area contributed by atoms with Gasteiger partial charge in [-0.3, -0.25) is 9.69 Å². The van der Waals surface area contributed by atoms with Crippen molar-refractivity contribution < 1.29 is 9.32 Å². The number of fused-ring (bicyclic) bond motifs is 1. The number of rotatable bonds is 6. The van der Waals surface area contributed by atoms with E-state index in [0.717, 1.165) is 56.9 Å². The molecule has 1 fully saturated rings. The van der Waals surface area contributed by atoms with Crippen molar-refractivity contribution >= 4 is 11.6 Å². The van der Waals surface area contributed by atoms with Gasteiger partial charge in [-0.2, -0.15) is 4.98 Å². The third-order valence-corrected chi connectivity index (χ3v) is 6.62. The first-order valence-electron chi connectivity index (χ1n) is 11.4. The molecule has 32 heavy (non-hydrogen) atoms. The zero-order chi connectivity index (χ0) is 21.9. The predicted molar refractivity (Wildman–Crippen MR) is 123 cm³/mol. The summed E-state index contributed by atoms with van der Waals surface area (Å²) in [4.78, 5) is 24.1. The van der Waals surface area contributed by atoms with Crippen LogP contribution in [0.25, 0.3) is 11.4 Å². The monoisotopic (exact) mass is 431 g/mol. The lowest BCUT2D eigenvalue weighted by Gasteiger charge is -2.36. The van der Waals surface area contributed by atoms with E-state index in [1.54, 1.807) is 0 Å². The van der Waals surface area contributed by atoms with Crippen LogP contribution in [0.3, 0.4) is 0 Å². The molecule has 3 aromatic rings. The second kappa shape index (κ2) is 9.22. The number of amides is 1. The quantitative estimate of drug-likeness (QED) is 0.596. The van der Waals surface area contributed by atoms with Gasteiger partial charge in [0.05, 0.1) is 6.04 Å². The summed E-state index contributed by atoms with van der Waals surface area (Å²) in [6, 6.07) is 18.2. The average molecular weight is 432 g/mol. The van der Waals surface area contributed by atoms with E-state index in [1.165, 1.54) is 5.56 Å². The maximum atomic E-state index is 12.8. The van der Waals surface area contributed by atoms with E-state index >= 15 is 0 Å². The van der Waals surface area contributed by atoms with Crippen LogP contribution >= 0.6 is 0 Å². The van der Waals surface area contributed by atoms with Crippen LogP contribution in [0, 0.1) is 0 Å². The molecule has 2 aromatic carbocycles. The predicted octanol–water partition coefficient (Wildman–Crippen LogP) is 3.39. The highest BCUT2D eigenvalue weighted by molar-refractivity contribution is 5.95. The largest absolute Gasteiger partial charge is 0.337 e. The van der Waals surface area contributed by atoms with Gasteiger partial charge in [-0.25, -0.2) is 0 Å². The van der Waals surface area contributed by atoms with Gasteiger partial charge in [-0.15, -0.1) is 0 Å². The van der Waals surface area contributed by atoms with Gasteiger partial charge in [0, 0.05) is 56.9 Å². The number of carbonyl (C=O) groups excluding carboxylic acids is 1. The van der Waals surface area contributed by atoms with Gasteiger partial charge < -0.3 is 14.3 Å². The second-order valence-electron chi connectivity index (χ2n) is 8.55. The zero-order valence-corrected chi connectivity index (χ0v) is 18.5. The van der Waals surface area contributed by atoms with Crippen LogP contribution < -0.4 is 4.90 Å². The third-order valence-electron chi connectivity index (χ3n) is 6.62. The highest BCUT2D eigenvalue weighted by Gasteiger charge is 2.28. The smallest absolute Gasteiger partial charge is 0.244 e. The number of hydrogen-bond acceptors (Lipinski definition) is 6. The van der Waals surface area contributed by atoms with E-state index in [-0.39, 0.29) is 11.9 Å². The number of aromatic nitrogens is 2. The molecule has 0 saturated carbocycles. The van der Waals surface area contributed by atoms with E-state index < -0.39 is 0 Å². The van der Waals surface area contributed by atoms with E-state index in [4.69, 9.17) is 4.52 Å². The first kappa shape index (κ1) is 20.8. The Morgan fingerprint density at radius 1 is 1.00 bits per heavy atom. The minimum atomic E-state index is 0.0739. The molecule has 2 aliphatic rings. The molecule has 7 nitrogen and oxygen atoms in total. The van der Waals surface area contributed by atoms with Gasteiger partial charge in [-0.05, 0) is 25.0 Å². The van der Waals surface area contributed by atoms with E-state index in [2.05, 4.69) is 39.0 Å². The summed E-state index contributed by atoms with van der Waals surface area (Å²) >= 11 is 0. The SMILES string of the molecule is CC(c1nc(-c2ccccc2)no1)N1CCN(CCC(=O)N2CCc3ccccc32)CC1. The van der Waals surface area contributed by atoms with E-state index in [0.29, 0.717) is 18.1 Å². The molecule has 0 aliphatic carbocycles. The third kappa shape index (κ3) is 4.31. The number of anilines is 1. The summed E-state index contributed by atoms with van der Waals surface area (Å²) in [5.74, 6) is 1.51. The number of piperazine rings is 1. The van der Waals surface area contributed by atoms with Gasteiger partial charge in [0.15, 0.2) is 0 Å². The average Bonchev–Trinajstić information content (AvgIpc) is 3.51. The van der Waals surface area contributed by atoms with Crippen LogP contribution in [0.4, 0.5) is 5.69 Å². The molecule has 166 valence electrons. The van der Waals surface area contributed by atoms with Crippen LogP contribution in [0.2, 0.25) is 0 Å². The Labute approximate surface area is 188 Å². The number of para-hydroxylation sites is 1. The van der Waals surface area contributed by atoms with Crippen LogP contribution in [0.1, 0.15) is 30.8 Å². The fraction of sp³-hybridized carbons (Fsp3) is 0.400. The summed E-state index contributed by atoms with van der Waals surface area (Å²) in [6.45, 7) is 7.45. The molecule has 1 unspecified atom stereocenters. The van der Waals surface area contributed by atoms with Crippen molar-refractivity contribution in [2.24, 2.45) is 0 Å². The van der Waals surface area contributed by atoms with Crippen molar-refractivity contribution in [3.8, 4) is 11.4 Å². The lowest BCUT2D eigenvalue weighted by atomic mass is 10.2. The summed E-state index contributed by atoms with van der Waals surface area (Å²) in [5.41, 5.74) is 3.33. The van der Waals surface area contributed by atoms with Gasteiger partial charge in [-0.1, -0.05) is 53.7 Å². The van der Waals surface area contributed by atoms with Crippen molar-refractivity contribution in [1.29, 1.82) is 0 Å². The topological polar surface area (TPSA) is 65.7 Å². The first-order valence-corrected chi connectivity index (χ1v) is 11.4. The molecule has 1 atom stereocenters. The summed E-state index contributed by atoms with van der Waals surface area (Å²) in [7, 11) is 0. The highest BCUT2D eigenvalue weighted by atomic mass is 16.5. The molecular weight excluding hydrogens is 402 g/mol. The molecule has 3 heterocycles. The fourth-order valence-corrected chi connectivity index (χ4v) is 4.63. The number of benzene rings is 2. The Kier molecular flexibility index (Phi) is 6.01. The Bertz CT molecular complexity index is 1060. The minimum Gasteiger partial charge on any atom is -0.337 e. The van der Waals surface area contributed by atoms with Crippen molar-refractivity contribution in [2.75, 3.05) is 44.2 Å². The van der Waals surface area contributed by atoms with Gasteiger partial charge in [0.2, 0.25) is 17.6 Å². The summed E-state index contributed by atoms with van der Waals surface area (Å²) < 4.78 is 5.56. The van der Waals surface area contributed by atoms with Crippen LogP contribution in [-0.4, -0.2) is 65.1 Å². The number of carbonyl (C=O) groups is 1. The molecule has 1 amide bonds. The molecule has 1 aromatic heterocycles. The summed E-state index contributed by atoms with van der Waals surface area (Å²) in [6.07, 6.45) is 1.52. The Morgan fingerprint density at radius 3 is 2.56 bits per heavy atom. The van der Waals surface area contributed by atoms with E-state index in [1.807, 2.05) is 47.4 Å². The fourth-order valence-electron chi connectivity index (χ4n) is 4.63. The van der Waals surface area contributed by atoms with Crippen molar-refractivity contribution in [3.63, 3.8) is 0 Å². The van der Waals surface area contributed by atoms with Gasteiger partial charge >= 0.3 is 0 Å². The first-order chi connectivity index (χ1) is 15.7. The van der Waals surface area contributed by atoms with Gasteiger partial charge in [0.1, 0.15) is 0 Å². The van der Waals surface area contributed by atoms with Crippen molar-refractivity contribution in [1.82, 2.24) is 19.9 Å². The van der Waals surface area contributed by atoms with Crippen LogP contribution in [-0.2, 0) is 11.2 Å².